The first-order valence-electron chi connectivity index (χ1n) is 11.1. The number of rotatable bonds is 9. The molecule has 0 bridgehead atoms. The second kappa shape index (κ2) is 10.7. The molecule has 0 saturated carbocycles. The minimum absolute atomic E-state index is 0.0649. The molecule has 8 heteroatoms. The Kier molecular flexibility index (Phi) is 7.50. The number of anilines is 1. The maximum absolute atomic E-state index is 12.7. The topological polar surface area (TPSA) is 55.5 Å². The van der Waals surface area contributed by atoms with Crippen molar-refractivity contribution in [1.29, 1.82) is 0 Å². The summed E-state index contributed by atoms with van der Waals surface area (Å²) in [5.41, 5.74) is 1.12. The van der Waals surface area contributed by atoms with Crippen molar-refractivity contribution in [3.8, 4) is 5.75 Å². The summed E-state index contributed by atoms with van der Waals surface area (Å²) in [5, 5.41) is 5.23. The third kappa shape index (κ3) is 5.72. The van der Waals surface area contributed by atoms with E-state index in [1.807, 2.05) is 55.5 Å². The fourth-order valence-electron chi connectivity index (χ4n) is 4.07. The molecule has 7 nitrogen and oxygen atoms in total. The monoisotopic (exact) mass is 455 g/mol. The number of aryl methyl sites for hydroxylation is 2. The molecule has 170 valence electrons. The van der Waals surface area contributed by atoms with Crippen molar-refractivity contribution in [1.82, 2.24) is 19.2 Å². The molecule has 0 N–H and O–H groups in total. The Morgan fingerprint density at radius 1 is 0.969 bits per heavy atom. The van der Waals surface area contributed by atoms with Crippen LogP contribution in [0.1, 0.15) is 12.2 Å². The standard InChI is InChI=1S/C24H30ClN5O2/c1-20-26-30(24(31)29(20)17-18-32-23-9-3-2-4-10-23)12-6-11-27-13-15-28(16-14-27)22-8-5-7-21(25)19-22/h2-5,7-10,19H,6,11-18H2,1H3. The summed E-state index contributed by atoms with van der Waals surface area (Å²) in [6.07, 6.45) is 0.897. The second-order valence-corrected chi connectivity index (χ2v) is 8.46. The van der Waals surface area contributed by atoms with Crippen molar-refractivity contribution in [3.63, 3.8) is 0 Å². The summed E-state index contributed by atoms with van der Waals surface area (Å²) in [6.45, 7) is 8.36. The number of hydrogen-bond donors (Lipinski definition) is 0. The van der Waals surface area contributed by atoms with Crippen LogP contribution in [0.5, 0.6) is 5.75 Å². The van der Waals surface area contributed by atoms with Crippen molar-refractivity contribution in [2.45, 2.75) is 26.4 Å². The third-order valence-electron chi connectivity index (χ3n) is 5.82. The fourth-order valence-corrected chi connectivity index (χ4v) is 4.25. The zero-order valence-electron chi connectivity index (χ0n) is 18.5. The molecule has 32 heavy (non-hydrogen) atoms. The van der Waals surface area contributed by atoms with Crippen molar-refractivity contribution in [2.24, 2.45) is 0 Å². The van der Waals surface area contributed by atoms with E-state index in [9.17, 15) is 4.79 Å². The average Bonchev–Trinajstić information content (AvgIpc) is 3.08. The maximum atomic E-state index is 12.7. The van der Waals surface area contributed by atoms with Gasteiger partial charge in [0, 0.05) is 50.0 Å². The Bertz CT molecular complexity index is 1060. The van der Waals surface area contributed by atoms with Crippen molar-refractivity contribution < 1.29 is 4.74 Å². The molecule has 3 aromatic rings. The molecule has 4 rings (SSSR count). The van der Waals surface area contributed by atoms with Crippen LogP contribution < -0.4 is 15.3 Å². The lowest BCUT2D eigenvalue weighted by atomic mass is 10.2. The minimum atomic E-state index is -0.0649. The van der Waals surface area contributed by atoms with Crippen molar-refractivity contribution >= 4 is 17.3 Å². The molecule has 0 amide bonds. The highest BCUT2D eigenvalue weighted by Gasteiger charge is 2.17. The molecular weight excluding hydrogens is 426 g/mol. The van der Waals surface area contributed by atoms with E-state index in [1.165, 1.54) is 5.69 Å². The number of hydrogen-bond acceptors (Lipinski definition) is 5. The molecule has 0 aliphatic carbocycles. The average molecular weight is 456 g/mol. The van der Waals surface area contributed by atoms with Crippen LogP contribution in [0, 0.1) is 6.92 Å². The second-order valence-electron chi connectivity index (χ2n) is 8.03. The van der Waals surface area contributed by atoms with Crippen LogP contribution in [-0.4, -0.2) is 58.6 Å². The summed E-state index contributed by atoms with van der Waals surface area (Å²) in [6, 6.07) is 17.7. The van der Waals surface area contributed by atoms with Gasteiger partial charge >= 0.3 is 5.69 Å². The van der Waals surface area contributed by atoms with E-state index in [0.717, 1.165) is 55.7 Å². The first-order valence-corrected chi connectivity index (χ1v) is 11.5. The highest BCUT2D eigenvalue weighted by molar-refractivity contribution is 6.30. The van der Waals surface area contributed by atoms with Crippen LogP contribution in [0.3, 0.4) is 0 Å². The van der Waals surface area contributed by atoms with Gasteiger partial charge in [-0.1, -0.05) is 35.9 Å². The number of halogens is 1. The van der Waals surface area contributed by atoms with E-state index < -0.39 is 0 Å². The summed E-state index contributed by atoms with van der Waals surface area (Å²) >= 11 is 6.12. The Morgan fingerprint density at radius 2 is 1.75 bits per heavy atom. The smallest absolute Gasteiger partial charge is 0.346 e. The molecule has 2 aromatic carbocycles. The van der Waals surface area contributed by atoms with Crippen LogP contribution in [-0.2, 0) is 13.1 Å². The summed E-state index contributed by atoms with van der Waals surface area (Å²) in [4.78, 5) is 17.5. The third-order valence-corrected chi connectivity index (χ3v) is 6.06. The van der Waals surface area contributed by atoms with Crippen LogP contribution in [0.2, 0.25) is 5.02 Å². The van der Waals surface area contributed by atoms with Gasteiger partial charge in [0.2, 0.25) is 0 Å². The first kappa shape index (κ1) is 22.4. The number of ether oxygens (including phenoxy) is 1. The van der Waals surface area contributed by atoms with Gasteiger partial charge in [-0.2, -0.15) is 5.10 Å². The number of piperazine rings is 1. The summed E-state index contributed by atoms with van der Waals surface area (Å²) in [7, 11) is 0. The lowest BCUT2D eigenvalue weighted by Gasteiger charge is -2.36. The predicted octanol–water partition coefficient (Wildman–Crippen LogP) is 3.30. The van der Waals surface area contributed by atoms with Crippen LogP contribution >= 0.6 is 11.6 Å². The van der Waals surface area contributed by atoms with Gasteiger partial charge in [-0.05, 0) is 43.7 Å². The lowest BCUT2D eigenvalue weighted by Crippen LogP contribution is -2.46. The van der Waals surface area contributed by atoms with E-state index in [-0.39, 0.29) is 5.69 Å². The molecule has 0 atom stereocenters. The fraction of sp³-hybridized carbons (Fsp3) is 0.417. The highest BCUT2D eigenvalue weighted by Crippen LogP contribution is 2.20. The minimum Gasteiger partial charge on any atom is -0.492 e. The molecular formula is C24H30ClN5O2. The molecule has 0 spiro atoms. The Labute approximate surface area is 193 Å². The zero-order valence-corrected chi connectivity index (χ0v) is 19.2. The van der Waals surface area contributed by atoms with Crippen molar-refractivity contribution in [2.75, 3.05) is 44.2 Å². The van der Waals surface area contributed by atoms with E-state index in [4.69, 9.17) is 16.3 Å². The van der Waals surface area contributed by atoms with Gasteiger partial charge < -0.3 is 9.64 Å². The van der Waals surface area contributed by atoms with Crippen molar-refractivity contribution in [3.05, 3.63) is 75.9 Å². The van der Waals surface area contributed by atoms with Gasteiger partial charge in [0.05, 0.1) is 6.54 Å². The van der Waals surface area contributed by atoms with Gasteiger partial charge in [-0.15, -0.1) is 0 Å². The van der Waals surface area contributed by atoms with E-state index in [1.54, 1.807) is 9.25 Å². The molecule has 0 unspecified atom stereocenters. The normalized spacial score (nSPS) is 14.6. The van der Waals surface area contributed by atoms with E-state index in [0.29, 0.717) is 19.7 Å². The summed E-state index contributed by atoms with van der Waals surface area (Å²) < 4.78 is 8.99. The van der Waals surface area contributed by atoms with E-state index >= 15 is 0 Å². The van der Waals surface area contributed by atoms with Crippen LogP contribution in [0.4, 0.5) is 5.69 Å². The summed E-state index contributed by atoms with van der Waals surface area (Å²) in [5.74, 6) is 1.53. The molecule has 1 aliphatic heterocycles. The first-order chi connectivity index (χ1) is 15.6. The van der Waals surface area contributed by atoms with E-state index in [2.05, 4.69) is 21.0 Å². The Hall–Kier alpha value is -2.77. The zero-order chi connectivity index (χ0) is 22.3. The molecule has 0 radical (unpaired) electrons. The highest BCUT2D eigenvalue weighted by atomic mass is 35.5. The number of para-hydroxylation sites is 1. The number of aromatic nitrogens is 3. The van der Waals surface area contributed by atoms with Gasteiger partial charge in [-0.3, -0.25) is 9.47 Å². The number of benzene rings is 2. The lowest BCUT2D eigenvalue weighted by molar-refractivity contribution is 0.248. The maximum Gasteiger partial charge on any atom is 0.346 e. The van der Waals surface area contributed by atoms with Gasteiger partial charge in [0.25, 0.3) is 0 Å². The van der Waals surface area contributed by atoms with Gasteiger partial charge in [0.15, 0.2) is 0 Å². The quantitative estimate of drug-likeness (QED) is 0.495. The SMILES string of the molecule is Cc1nn(CCCN2CCN(c3cccc(Cl)c3)CC2)c(=O)n1CCOc1ccccc1. The molecule has 1 fully saturated rings. The Morgan fingerprint density at radius 3 is 2.50 bits per heavy atom. The van der Waals surface area contributed by atoms with Crippen LogP contribution in [0.15, 0.2) is 59.4 Å². The largest absolute Gasteiger partial charge is 0.492 e. The molecule has 1 aromatic heterocycles. The van der Waals surface area contributed by atoms with Crippen LogP contribution in [0.25, 0.3) is 0 Å². The molecule has 1 aliphatic rings. The van der Waals surface area contributed by atoms with Gasteiger partial charge in [0.1, 0.15) is 18.2 Å². The van der Waals surface area contributed by atoms with Gasteiger partial charge in [-0.25, -0.2) is 9.48 Å². The molecule has 1 saturated heterocycles. The molecule has 2 heterocycles. The Balaban J connectivity index is 1.22. The number of nitrogens with zero attached hydrogens (tertiary/aromatic N) is 5. The predicted molar refractivity (Wildman–Crippen MR) is 128 cm³/mol.